The lowest BCUT2D eigenvalue weighted by molar-refractivity contribution is -0.143. The molecule has 1 rings (SSSR count). The zero-order valence-electron chi connectivity index (χ0n) is 8.12. The van der Waals surface area contributed by atoms with Crippen LogP contribution in [0.5, 0.6) is 0 Å². The van der Waals surface area contributed by atoms with Gasteiger partial charge < -0.3 is 0 Å². The molecule has 0 spiro atoms. The van der Waals surface area contributed by atoms with Gasteiger partial charge >= 0.3 is 12.4 Å². The Bertz CT molecular complexity index is 411. The Morgan fingerprint density at radius 3 is 1.47 bits per heavy atom. The number of hydrogen-bond acceptors (Lipinski definition) is 1. The summed E-state index contributed by atoms with van der Waals surface area (Å²) < 4.78 is 73.8. The molecule has 7 heteroatoms. The minimum Gasteiger partial charge on any atom is -0.294 e. The first-order valence-corrected chi connectivity index (χ1v) is 4.17. The first kappa shape index (κ1) is 13.5. The molecule has 0 atom stereocenters. The van der Waals surface area contributed by atoms with Crippen molar-refractivity contribution in [2.75, 3.05) is 0 Å². The molecule has 0 fully saturated rings. The second-order valence-electron chi connectivity index (χ2n) is 3.22. The molecule has 0 amide bonds. The fraction of sp³-hybridized carbons (Fsp3) is 0.200. The van der Waals surface area contributed by atoms with Crippen LogP contribution in [0.4, 0.5) is 26.3 Å². The van der Waals surface area contributed by atoms with Crippen LogP contribution in [-0.4, -0.2) is 5.78 Å². The van der Waals surface area contributed by atoms with Gasteiger partial charge in [0.1, 0.15) is 0 Å². The summed E-state index contributed by atoms with van der Waals surface area (Å²) in [6, 6.07) is 0.627. The third-order valence-electron chi connectivity index (χ3n) is 1.91. The van der Waals surface area contributed by atoms with E-state index in [1.165, 1.54) is 0 Å². The fourth-order valence-electron chi connectivity index (χ4n) is 1.12. The standard InChI is InChI=1S/C10H5F6O/c1-5(17)6-2-7(9(11,12)13)4-8(3-6)10(14,15)16/h2-4H,1H2. The maximum absolute atomic E-state index is 12.3. The van der Waals surface area contributed by atoms with Gasteiger partial charge in [-0.2, -0.15) is 26.3 Å². The van der Waals surface area contributed by atoms with E-state index < -0.39 is 34.8 Å². The number of Topliss-reactive ketones (excluding diaryl/α,β-unsaturated/α-hetero) is 1. The lowest BCUT2D eigenvalue weighted by atomic mass is 10.0. The molecule has 0 N–H and O–H groups in total. The van der Waals surface area contributed by atoms with E-state index in [9.17, 15) is 31.1 Å². The molecular formula is C10H5F6O. The Morgan fingerprint density at radius 1 is 0.882 bits per heavy atom. The van der Waals surface area contributed by atoms with E-state index in [2.05, 4.69) is 6.92 Å². The summed E-state index contributed by atoms with van der Waals surface area (Å²) in [5, 5.41) is 0. The van der Waals surface area contributed by atoms with Gasteiger partial charge in [-0.3, -0.25) is 4.79 Å². The summed E-state index contributed by atoms with van der Waals surface area (Å²) in [4.78, 5) is 10.8. The number of alkyl halides is 6. The number of benzene rings is 1. The third-order valence-corrected chi connectivity index (χ3v) is 1.91. The lowest BCUT2D eigenvalue weighted by Gasteiger charge is -2.12. The summed E-state index contributed by atoms with van der Waals surface area (Å²) in [6.45, 7) is 2.78. The maximum Gasteiger partial charge on any atom is 0.416 e. The molecule has 0 heterocycles. The minimum absolute atomic E-state index is 0.0492. The number of carbonyl (C=O) groups excluding carboxylic acids is 1. The Labute approximate surface area is 92.0 Å². The Morgan fingerprint density at radius 2 is 1.24 bits per heavy atom. The van der Waals surface area contributed by atoms with Gasteiger partial charge in [0, 0.05) is 12.5 Å². The second kappa shape index (κ2) is 4.05. The zero-order chi connectivity index (χ0) is 13.4. The average Bonchev–Trinajstić information content (AvgIpc) is 2.14. The van der Waals surface area contributed by atoms with Crippen LogP contribution in [0.3, 0.4) is 0 Å². The predicted molar refractivity (Wildman–Crippen MR) is 46.1 cm³/mol. The van der Waals surface area contributed by atoms with E-state index in [1.54, 1.807) is 0 Å². The molecule has 0 unspecified atom stereocenters. The molecule has 0 saturated carbocycles. The van der Waals surface area contributed by atoms with Crippen molar-refractivity contribution in [2.45, 2.75) is 12.4 Å². The van der Waals surface area contributed by atoms with Crippen molar-refractivity contribution in [1.82, 2.24) is 0 Å². The molecule has 0 aromatic heterocycles. The lowest BCUT2D eigenvalue weighted by Crippen LogP contribution is -2.12. The zero-order valence-corrected chi connectivity index (χ0v) is 8.12. The first-order valence-electron chi connectivity index (χ1n) is 4.17. The van der Waals surface area contributed by atoms with Crippen molar-refractivity contribution in [3.8, 4) is 0 Å². The van der Waals surface area contributed by atoms with E-state index in [0.717, 1.165) is 0 Å². The van der Waals surface area contributed by atoms with Crippen LogP contribution in [-0.2, 0) is 12.4 Å². The number of hydrogen-bond donors (Lipinski definition) is 0. The van der Waals surface area contributed by atoms with Crippen LogP contribution in [0.15, 0.2) is 18.2 Å². The van der Waals surface area contributed by atoms with E-state index in [1.807, 2.05) is 0 Å². The SMILES string of the molecule is [CH2]C(=O)c1cc(C(F)(F)F)cc(C(F)(F)F)c1. The molecule has 0 aliphatic heterocycles. The van der Waals surface area contributed by atoms with Gasteiger partial charge in [0.25, 0.3) is 0 Å². The van der Waals surface area contributed by atoms with E-state index in [-0.39, 0.29) is 6.07 Å². The fourth-order valence-corrected chi connectivity index (χ4v) is 1.12. The van der Waals surface area contributed by atoms with Crippen molar-refractivity contribution < 1.29 is 31.1 Å². The summed E-state index contributed by atoms with van der Waals surface area (Å²) in [5.41, 5.74) is -3.79. The van der Waals surface area contributed by atoms with Crippen molar-refractivity contribution in [3.63, 3.8) is 0 Å². The molecule has 0 bridgehead atoms. The smallest absolute Gasteiger partial charge is 0.294 e. The predicted octanol–water partition coefficient (Wildman–Crippen LogP) is 3.74. The highest BCUT2D eigenvalue weighted by molar-refractivity contribution is 5.99. The highest BCUT2D eigenvalue weighted by Gasteiger charge is 2.37. The highest BCUT2D eigenvalue weighted by atomic mass is 19.4. The number of rotatable bonds is 1. The Hall–Kier alpha value is -1.53. The summed E-state index contributed by atoms with van der Waals surface area (Å²) in [6.07, 6.45) is -9.91. The van der Waals surface area contributed by atoms with Gasteiger partial charge in [0.2, 0.25) is 0 Å². The molecule has 1 aromatic rings. The van der Waals surface area contributed by atoms with Crippen LogP contribution in [0.1, 0.15) is 21.5 Å². The number of halogens is 6. The first-order chi connectivity index (χ1) is 7.51. The summed E-state index contributed by atoms with van der Waals surface area (Å²) >= 11 is 0. The second-order valence-corrected chi connectivity index (χ2v) is 3.22. The summed E-state index contributed by atoms with van der Waals surface area (Å²) in [7, 11) is 0. The van der Waals surface area contributed by atoms with Crippen LogP contribution >= 0.6 is 0 Å². The molecule has 0 aliphatic rings. The van der Waals surface area contributed by atoms with Crippen LogP contribution in [0.25, 0.3) is 0 Å². The molecular weight excluding hydrogens is 250 g/mol. The van der Waals surface area contributed by atoms with Gasteiger partial charge in [-0.1, -0.05) is 0 Å². The topological polar surface area (TPSA) is 17.1 Å². The van der Waals surface area contributed by atoms with Crippen molar-refractivity contribution in [1.29, 1.82) is 0 Å². The maximum atomic E-state index is 12.3. The molecule has 1 aromatic carbocycles. The molecule has 93 valence electrons. The quantitative estimate of drug-likeness (QED) is 0.551. The van der Waals surface area contributed by atoms with Crippen LogP contribution in [0, 0.1) is 6.92 Å². The molecule has 0 saturated heterocycles. The number of carbonyl (C=O) groups is 1. The van der Waals surface area contributed by atoms with E-state index in [4.69, 9.17) is 0 Å². The monoisotopic (exact) mass is 255 g/mol. The largest absolute Gasteiger partial charge is 0.416 e. The van der Waals surface area contributed by atoms with Gasteiger partial charge in [-0.05, 0) is 18.2 Å². The van der Waals surface area contributed by atoms with Crippen molar-refractivity contribution >= 4 is 5.78 Å². The molecule has 0 aliphatic carbocycles. The van der Waals surface area contributed by atoms with Gasteiger partial charge in [0.05, 0.1) is 11.1 Å². The normalized spacial score (nSPS) is 12.6. The van der Waals surface area contributed by atoms with Crippen molar-refractivity contribution in [3.05, 3.63) is 41.8 Å². The third kappa shape index (κ3) is 3.21. The highest BCUT2D eigenvalue weighted by Crippen LogP contribution is 2.36. The molecule has 17 heavy (non-hydrogen) atoms. The molecule has 1 radical (unpaired) electrons. The number of ketones is 1. The van der Waals surface area contributed by atoms with E-state index >= 15 is 0 Å². The molecule has 1 nitrogen and oxygen atoms in total. The minimum atomic E-state index is -4.95. The van der Waals surface area contributed by atoms with Gasteiger partial charge in [-0.15, -0.1) is 0 Å². The summed E-state index contributed by atoms with van der Waals surface area (Å²) in [5.74, 6) is -1.11. The Kier molecular flexibility index (Phi) is 3.22. The van der Waals surface area contributed by atoms with Crippen LogP contribution < -0.4 is 0 Å². The van der Waals surface area contributed by atoms with E-state index in [0.29, 0.717) is 12.1 Å². The average molecular weight is 255 g/mol. The van der Waals surface area contributed by atoms with Gasteiger partial charge in [-0.25, -0.2) is 0 Å². The van der Waals surface area contributed by atoms with Crippen molar-refractivity contribution in [2.24, 2.45) is 0 Å². The van der Waals surface area contributed by atoms with Gasteiger partial charge in [0.15, 0.2) is 5.78 Å². The van der Waals surface area contributed by atoms with Crippen LogP contribution in [0.2, 0.25) is 0 Å². The Balaban J connectivity index is 3.45.